The molecule has 0 N–H and O–H groups in total. The first-order chi connectivity index (χ1) is 7.37. The number of unbranched alkanes of at least 4 members (excludes halogenated alkanes) is 1. The average Bonchev–Trinajstić information content (AvgIpc) is 2.14. The molecule has 0 saturated heterocycles. The fourth-order valence-corrected chi connectivity index (χ4v) is 2.09. The third-order valence-electron chi connectivity index (χ3n) is 2.26. The smallest absolute Gasteiger partial charge is 0.232 e. The zero-order valence-electron chi connectivity index (χ0n) is 10.1. The van der Waals surface area contributed by atoms with E-state index in [1.165, 1.54) is 0 Å². The van der Waals surface area contributed by atoms with E-state index < -0.39 is 9.05 Å². The minimum Gasteiger partial charge on any atom is -0.379 e. The summed E-state index contributed by atoms with van der Waals surface area (Å²) >= 11 is 0. The van der Waals surface area contributed by atoms with Gasteiger partial charge in [0.15, 0.2) is 0 Å². The third-order valence-corrected chi connectivity index (χ3v) is 3.49. The Kier molecular flexibility index (Phi) is 8.36. The Morgan fingerprint density at radius 1 is 1.25 bits per heavy atom. The highest BCUT2D eigenvalue weighted by Gasteiger charge is 2.11. The molecule has 0 amide bonds. The van der Waals surface area contributed by atoms with Gasteiger partial charge >= 0.3 is 0 Å². The maximum Gasteiger partial charge on any atom is 0.232 e. The molecule has 0 rings (SSSR count). The molecule has 0 aliphatic heterocycles. The summed E-state index contributed by atoms with van der Waals surface area (Å²) in [6, 6.07) is 0. The van der Waals surface area contributed by atoms with E-state index in [0.717, 1.165) is 0 Å². The van der Waals surface area contributed by atoms with Crippen LogP contribution in [0, 0.1) is 5.92 Å². The Bertz CT molecular complexity index is 264. The molecule has 6 heteroatoms. The summed E-state index contributed by atoms with van der Waals surface area (Å²) in [6.45, 7) is 5.22. The lowest BCUT2D eigenvalue weighted by molar-refractivity contribution is -0.0156. The molecule has 1 unspecified atom stereocenters. The van der Waals surface area contributed by atoms with Gasteiger partial charge in [0.1, 0.15) is 0 Å². The second-order valence-corrected chi connectivity index (χ2v) is 6.94. The SMILES string of the molecule is COC(COCCCCS(=O)(=O)Cl)C(C)C. The van der Waals surface area contributed by atoms with E-state index in [2.05, 4.69) is 13.8 Å². The summed E-state index contributed by atoms with van der Waals surface area (Å²) in [6.07, 6.45) is 1.32. The van der Waals surface area contributed by atoms with Gasteiger partial charge in [0.05, 0.1) is 18.5 Å². The van der Waals surface area contributed by atoms with E-state index >= 15 is 0 Å². The molecule has 0 radical (unpaired) electrons. The highest BCUT2D eigenvalue weighted by Crippen LogP contribution is 2.06. The number of hydrogen-bond acceptors (Lipinski definition) is 4. The van der Waals surface area contributed by atoms with Gasteiger partial charge < -0.3 is 9.47 Å². The minimum atomic E-state index is -3.35. The van der Waals surface area contributed by atoms with Crippen LogP contribution in [0.4, 0.5) is 0 Å². The van der Waals surface area contributed by atoms with Gasteiger partial charge in [-0.05, 0) is 18.8 Å². The van der Waals surface area contributed by atoms with Crippen molar-refractivity contribution < 1.29 is 17.9 Å². The van der Waals surface area contributed by atoms with Crippen molar-refractivity contribution in [2.24, 2.45) is 5.92 Å². The van der Waals surface area contributed by atoms with Crippen molar-refractivity contribution in [3.63, 3.8) is 0 Å². The number of rotatable bonds is 9. The van der Waals surface area contributed by atoms with E-state index in [1.54, 1.807) is 7.11 Å². The van der Waals surface area contributed by atoms with Crippen LogP contribution >= 0.6 is 10.7 Å². The molecule has 4 nitrogen and oxygen atoms in total. The molecule has 0 aromatic carbocycles. The molecule has 0 aliphatic carbocycles. The molecule has 0 heterocycles. The standard InChI is InChI=1S/C10H21ClO4S/c1-9(2)10(14-3)8-15-6-4-5-7-16(11,12)13/h9-10H,4-8H2,1-3H3. The Morgan fingerprint density at radius 3 is 2.31 bits per heavy atom. The zero-order chi connectivity index (χ0) is 12.6. The first-order valence-corrected chi connectivity index (χ1v) is 7.87. The maximum atomic E-state index is 10.6. The molecule has 0 bridgehead atoms. The van der Waals surface area contributed by atoms with Gasteiger partial charge in [0, 0.05) is 24.4 Å². The fraction of sp³-hybridized carbons (Fsp3) is 1.00. The first-order valence-electron chi connectivity index (χ1n) is 5.39. The second kappa shape index (κ2) is 8.28. The van der Waals surface area contributed by atoms with Crippen LogP contribution in [-0.2, 0) is 18.5 Å². The molecule has 0 aromatic rings. The van der Waals surface area contributed by atoms with E-state index in [4.69, 9.17) is 20.2 Å². The minimum absolute atomic E-state index is 0.00972. The quantitative estimate of drug-likeness (QED) is 0.476. The molecular formula is C10H21ClO4S. The van der Waals surface area contributed by atoms with Gasteiger partial charge in [-0.2, -0.15) is 0 Å². The zero-order valence-corrected chi connectivity index (χ0v) is 11.7. The summed E-state index contributed by atoms with van der Waals surface area (Å²) < 4.78 is 31.9. The van der Waals surface area contributed by atoms with Crippen LogP contribution in [0.15, 0.2) is 0 Å². The summed E-state index contributed by atoms with van der Waals surface area (Å²) in [5, 5.41) is 0. The van der Waals surface area contributed by atoms with Crippen molar-refractivity contribution >= 4 is 19.7 Å². The van der Waals surface area contributed by atoms with Gasteiger partial charge in [-0.3, -0.25) is 0 Å². The van der Waals surface area contributed by atoms with Crippen LogP contribution in [-0.4, -0.2) is 40.6 Å². The average molecular weight is 273 g/mol. The monoisotopic (exact) mass is 272 g/mol. The summed E-state index contributed by atoms with van der Waals surface area (Å²) in [5.41, 5.74) is 0. The third kappa shape index (κ3) is 9.39. The topological polar surface area (TPSA) is 52.6 Å². The second-order valence-electron chi connectivity index (χ2n) is 4.04. The van der Waals surface area contributed by atoms with E-state index in [-0.39, 0.29) is 11.9 Å². The molecule has 0 spiro atoms. The Hall–Kier alpha value is 0.160. The van der Waals surface area contributed by atoms with Crippen molar-refractivity contribution in [3.05, 3.63) is 0 Å². The highest BCUT2D eigenvalue weighted by atomic mass is 35.7. The molecule has 0 aliphatic rings. The first kappa shape index (κ1) is 16.2. The predicted molar refractivity (Wildman–Crippen MR) is 65.3 cm³/mol. The van der Waals surface area contributed by atoms with E-state index in [1.807, 2.05) is 0 Å². The van der Waals surface area contributed by atoms with Crippen molar-refractivity contribution in [2.75, 3.05) is 26.1 Å². The molecular weight excluding hydrogens is 252 g/mol. The van der Waals surface area contributed by atoms with Gasteiger partial charge in [-0.25, -0.2) is 8.42 Å². The van der Waals surface area contributed by atoms with Crippen LogP contribution in [0.5, 0.6) is 0 Å². The van der Waals surface area contributed by atoms with Gasteiger partial charge in [0.25, 0.3) is 0 Å². The Balaban J connectivity index is 3.46. The summed E-state index contributed by atoms with van der Waals surface area (Å²) in [7, 11) is 3.38. The van der Waals surface area contributed by atoms with Crippen molar-refractivity contribution in [3.8, 4) is 0 Å². The molecule has 0 saturated carbocycles. The van der Waals surface area contributed by atoms with Crippen LogP contribution in [0.3, 0.4) is 0 Å². The van der Waals surface area contributed by atoms with Crippen LogP contribution in [0.1, 0.15) is 26.7 Å². The van der Waals surface area contributed by atoms with E-state index in [9.17, 15) is 8.42 Å². The number of methoxy groups -OCH3 is 1. The Labute approximate surface area is 103 Å². The molecule has 16 heavy (non-hydrogen) atoms. The fourth-order valence-electron chi connectivity index (χ4n) is 1.21. The lowest BCUT2D eigenvalue weighted by atomic mass is 10.1. The van der Waals surface area contributed by atoms with Gasteiger partial charge in [0.2, 0.25) is 9.05 Å². The van der Waals surface area contributed by atoms with Crippen LogP contribution in [0.25, 0.3) is 0 Å². The Morgan fingerprint density at radius 2 is 1.88 bits per heavy atom. The van der Waals surface area contributed by atoms with Crippen molar-refractivity contribution in [1.29, 1.82) is 0 Å². The number of hydrogen-bond donors (Lipinski definition) is 0. The molecule has 0 fully saturated rings. The van der Waals surface area contributed by atoms with Crippen molar-refractivity contribution in [1.82, 2.24) is 0 Å². The van der Waals surface area contributed by atoms with Gasteiger partial charge in [-0.1, -0.05) is 13.8 Å². The summed E-state index contributed by atoms with van der Waals surface area (Å²) in [4.78, 5) is 0. The lowest BCUT2D eigenvalue weighted by Gasteiger charge is -2.18. The summed E-state index contributed by atoms with van der Waals surface area (Å²) in [5.74, 6) is 0.420. The maximum absolute atomic E-state index is 10.6. The molecule has 1 atom stereocenters. The normalized spacial score (nSPS) is 14.3. The number of ether oxygens (including phenoxy) is 2. The number of halogens is 1. The van der Waals surface area contributed by atoms with Crippen LogP contribution < -0.4 is 0 Å². The largest absolute Gasteiger partial charge is 0.379 e. The molecule has 98 valence electrons. The predicted octanol–water partition coefficient (Wildman–Crippen LogP) is 2.02. The van der Waals surface area contributed by atoms with Gasteiger partial charge in [-0.15, -0.1) is 0 Å². The van der Waals surface area contributed by atoms with Crippen molar-refractivity contribution in [2.45, 2.75) is 32.8 Å². The highest BCUT2D eigenvalue weighted by molar-refractivity contribution is 8.13. The lowest BCUT2D eigenvalue weighted by Crippen LogP contribution is -2.24. The van der Waals surface area contributed by atoms with E-state index in [0.29, 0.717) is 32.0 Å². The molecule has 0 aromatic heterocycles. The van der Waals surface area contributed by atoms with Crippen LogP contribution in [0.2, 0.25) is 0 Å².